The predicted octanol–water partition coefficient (Wildman–Crippen LogP) is 6.85. The van der Waals surface area contributed by atoms with E-state index in [1.807, 2.05) is 50.2 Å². The van der Waals surface area contributed by atoms with Gasteiger partial charge in [0, 0.05) is 28.5 Å². The molecule has 0 radical (unpaired) electrons. The third-order valence-electron chi connectivity index (χ3n) is 7.30. The fourth-order valence-corrected chi connectivity index (χ4v) is 6.56. The molecule has 4 rings (SSSR count). The van der Waals surface area contributed by atoms with Crippen molar-refractivity contribution in [2.45, 2.75) is 50.2 Å². The quantitative estimate of drug-likeness (QED) is 0.166. The molecule has 0 spiro atoms. The van der Waals surface area contributed by atoms with Gasteiger partial charge < -0.3 is 10.2 Å². The fraction of sp³-hybridized carbons (Fsp3) is 0.235. The summed E-state index contributed by atoms with van der Waals surface area (Å²) in [5.41, 5.74) is 1.81. The average Bonchev–Trinajstić information content (AvgIpc) is 3.03. The van der Waals surface area contributed by atoms with E-state index in [4.69, 9.17) is 11.6 Å². The topological polar surface area (TPSA) is 86.8 Å². The highest BCUT2D eigenvalue weighted by atomic mass is 79.9. The Morgan fingerprint density at radius 2 is 1.45 bits per heavy atom. The number of halogens is 2. The minimum absolute atomic E-state index is 0.00347. The molecule has 10 heteroatoms. The van der Waals surface area contributed by atoms with Crippen molar-refractivity contribution in [2.24, 2.45) is 0 Å². The van der Waals surface area contributed by atoms with E-state index in [-0.39, 0.29) is 29.8 Å². The molecule has 2 atom stereocenters. The number of carbonyl (C=O) groups excluding carboxylic acids is 2. The molecule has 4 aromatic carbocycles. The highest BCUT2D eigenvalue weighted by Crippen LogP contribution is 2.27. The van der Waals surface area contributed by atoms with Gasteiger partial charge in [-0.25, -0.2) is 8.42 Å². The lowest BCUT2D eigenvalue weighted by Gasteiger charge is -2.34. The van der Waals surface area contributed by atoms with Crippen LogP contribution < -0.4 is 9.62 Å². The zero-order valence-corrected chi connectivity index (χ0v) is 27.7. The number of amides is 2. The van der Waals surface area contributed by atoms with Crippen molar-refractivity contribution in [3.8, 4) is 0 Å². The van der Waals surface area contributed by atoms with Gasteiger partial charge in [-0.05, 0) is 66.9 Å². The molecule has 44 heavy (non-hydrogen) atoms. The largest absolute Gasteiger partial charge is 0.352 e. The van der Waals surface area contributed by atoms with Crippen LogP contribution in [0.15, 0.2) is 119 Å². The van der Waals surface area contributed by atoms with Crippen LogP contribution in [0.3, 0.4) is 0 Å². The van der Waals surface area contributed by atoms with Gasteiger partial charge in [0.2, 0.25) is 11.8 Å². The highest BCUT2D eigenvalue weighted by Gasteiger charge is 2.35. The monoisotopic (exact) mass is 695 g/mol. The van der Waals surface area contributed by atoms with Crippen molar-refractivity contribution >= 4 is 55.1 Å². The molecule has 0 saturated carbocycles. The number of rotatable bonds is 13. The number of sulfonamides is 1. The first kappa shape index (κ1) is 33.2. The van der Waals surface area contributed by atoms with Crippen LogP contribution in [0.4, 0.5) is 5.69 Å². The summed E-state index contributed by atoms with van der Waals surface area (Å²) in [5, 5.41) is 3.47. The van der Waals surface area contributed by atoms with Gasteiger partial charge >= 0.3 is 0 Å². The maximum Gasteiger partial charge on any atom is 0.264 e. The van der Waals surface area contributed by atoms with Gasteiger partial charge in [-0.15, -0.1) is 0 Å². The first-order valence-electron chi connectivity index (χ1n) is 14.3. The molecule has 0 aromatic heterocycles. The zero-order valence-electron chi connectivity index (χ0n) is 24.6. The van der Waals surface area contributed by atoms with E-state index in [1.165, 1.54) is 17.0 Å². The smallest absolute Gasteiger partial charge is 0.264 e. The Morgan fingerprint density at radius 1 is 0.864 bits per heavy atom. The summed E-state index contributed by atoms with van der Waals surface area (Å²) in [4.78, 5) is 29.8. The van der Waals surface area contributed by atoms with Crippen LogP contribution in [0.5, 0.6) is 0 Å². The van der Waals surface area contributed by atoms with Crippen molar-refractivity contribution < 1.29 is 18.0 Å². The number of benzene rings is 4. The normalized spacial score (nSPS) is 12.6. The molecule has 0 heterocycles. The maximum absolute atomic E-state index is 14.5. The van der Waals surface area contributed by atoms with Crippen molar-refractivity contribution in [1.82, 2.24) is 10.2 Å². The Labute approximate surface area is 273 Å². The second-order valence-corrected chi connectivity index (χ2v) is 13.6. The van der Waals surface area contributed by atoms with Gasteiger partial charge in [-0.1, -0.05) is 101 Å². The van der Waals surface area contributed by atoms with E-state index >= 15 is 0 Å². The van der Waals surface area contributed by atoms with E-state index in [2.05, 4.69) is 21.2 Å². The lowest BCUT2D eigenvalue weighted by molar-refractivity contribution is -0.140. The molecule has 230 valence electrons. The standard InChI is InChI=1S/C34H35BrClN3O4S/c1-3-25(2)37-34(41)32(22-26-12-6-4-7-13-26)38(23-27-14-10-11-17-31(27)36)33(40)24-39(29-20-18-28(35)19-21-29)44(42,43)30-15-8-5-9-16-30/h4-21,25,32H,3,22-24H2,1-2H3,(H,37,41)/t25-,32-/m0/s1. The van der Waals surface area contributed by atoms with Gasteiger partial charge in [0.25, 0.3) is 10.0 Å². The third kappa shape index (κ3) is 8.49. The van der Waals surface area contributed by atoms with Gasteiger partial charge in [-0.3, -0.25) is 13.9 Å². The fourth-order valence-electron chi connectivity index (χ4n) is 4.66. The average molecular weight is 697 g/mol. The lowest BCUT2D eigenvalue weighted by atomic mass is 10.0. The Hall–Kier alpha value is -3.66. The number of hydrogen-bond acceptors (Lipinski definition) is 4. The van der Waals surface area contributed by atoms with Crippen LogP contribution in [-0.2, 0) is 32.6 Å². The van der Waals surface area contributed by atoms with Gasteiger partial charge in [0.1, 0.15) is 12.6 Å². The third-order valence-corrected chi connectivity index (χ3v) is 9.98. The van der Waals surface area contributed by atoms with Crippen molar-refractivity contribution in [2.75, 3.05) is 10.8 Å². The summed E-state index contributed by atoms with van der Waals surface area (Å²) in [6.45, 7) is 3.34. The Balaban J connectivity index is 1.80. The second kappa shape index (κ2) is 15.4. The van der Waals surface area contributed by atoms with E-state index in [9.17, 15) is 18.0 Å². The van der Waals surface area contributed by atoms with E-state index in [0.29, 0.717) is 22.7 Å². The van der Waals surface area contributed by atoms with Crippen LogP contribution in [0, 0.1) is 0 Å². The molecule has 0 aliphatic heterocycles. The molecule has 0 bridgehead atoms. The first-order valence-corrected chi connectivity index (χ1v) is 16.9. The zero-order chi connectivity index (χ0) is 31.7. The van der Waals surface area contributed by atoms with Gasteiger partial charge in [0.15, 0.2) is 0 Å². The van der Waals surface area contributed by atoms with Crippen LogP contribution in [0.25, 0.3) is 0 Å². The summed E-state index contributed by atoms with van der Waals surface area (Å²) < 4.78 is 29.9. The molecule has 0 aliphatic rings. The number of nitrogens with zero attached hydrogens (tertiary/aromatic N) is 2. The summed E-state index contributed by atoms with van der Waals surface area (Å²) in [7, 11) is -4.16. The number of hydrogen-bond donors (Lipinski definition) is 1. The highest BCUT2D eigenvalue weighted by molar-refractivity contribution is 9.10. The summed E-state index contributed by atoms with van der Waals surface area (Å²) in [6.07, 6.45) is 0.929. The molecular weight excluding hydrogens is 662 g/mol. The molecular formula is C34H35BrClN3O4S. The van der Waals surface area contributed by atoms with E-state index < -0.39 is 28.5 Å². The molecule has 0 unspecified atom stereocenters. The molecule has 0 fully saturated rings. The van der Waals surface area contributed by atoms with Crippen LogP contribution in [0.1, 0.15) is 31.4 Å². The molecule has 7 nitrogen and oxygen atoms in total. The molecule has 1 N–H and O–H groups in total. The van der Waals surface area contributed by atoms with Crippen molar-refractivity contribution in [3.05, 3.63) is 130 Å². The molecule has 0 saturated heterocycles. The van der Waals surface area contributed by atoms with Crippen molar-refractivity contribution in [1.29, 1.82) is 0 Å². The predicted molar refractivity (Wildman–Crippen MR) is 179 cm³/mol. The number of nitrogens with one attached hydrogen (secondary N) is 1. The molecule has 2 amide bonds. The Morgan fingerprint density at radius 3 is 2.07 bits per heavy atom. The van der Waals surface area contributed by atoms with Gasteiger partial charge in [0.05, 0.1) is 10.6 Å². The lowest BCUT2D eigenvalue weighted by Crippen LogP contribution is -2.54. The maximum atomic E-state index is 14.5. The minimum Gasteiger partial charge on any atom is -0.352 e. The second-order valence-electron chi connectivity index (χ2n) is 10.4. The SMILES string of the molecule is CC[C@H](C)NC(=O)[C@H](Cc1ccccc1)N(Cc1ccccc1Cl)C(=O)CN(c1ccc(Br)cc1)S(=O)(=O)c1ccccc1. The summed E-state index contributed by atoms with van der Waals surface area (Å²) in [6, 6.07) is 30.1. The van der Waals surface area contributed by atoms with E-state index in [0.717, 1.165) is 14.3 Å². The Bertz CT molecular complexity index is 1660. The van der Waals surface area contributed by atoms with Gasteiger partial charge in [-0.2, -0.15) is 0 Å². The molecule has 4 aromatic rings. The molecule has 0 aliphatic carbocycles. The van der Waals surface area contributed by atoms with Crippen LogP contribution in [-0.4, -0.2) is 43.8 Å². The summed E-state index contributed by atoms with van der Waals surface area (Å²) in [5.74, 6) is -0.878. The number of anilines is 1. The van der Waals surface area contributed by atoms with E-state index in [1.54, 1.807) is 60.7 Å². The first-order chi connectivity index (χ1) is 21.1. The minimum atomic E-state index is -4.16. The summed E-state index contributed by atoms with van der Waals surface area (Å²) >= 11 is 9.94. The Kier molecular flexibility index (Phi) is 11.6. The number of carbonyl (C=O) groups is 2. The van der Waals surface area contributed by atoms with Crippen LogP contribution in [0.2, 0.25) is 5.02 Å². The van der Waals surface area contributed by atoms with Crippen LogP contribution >= 0.6 is 27.5 Å². The van der Waals surface area contributed by atoms with Crippen molar-refractivity contribution in [3.63, 3.8) is 0 Å².